The number of rotatable bonds is 4. The fraction of sp³-hybridized carbons (Fsp3) is 0. The maximum absolute atomic E-state index is 6.10. The molecule has 4 heteroatoms. The topological polar surface area (TPSA) is 43.9 Å². The van der Waals surface area contributed by atoms with E-state index in [0.29, 0.717) is 0 Å². The fourth-order valence-corrected chi connectivity index (χ4v) is 6.40. The van der Waals surface area contributed by atoms with Crippen molar-refractivity contribution in [2.75, 3.05) is 0 Å². The van der Waals surface area contributed by atoms with E-state index in [4.69, 9.17) is 9.40 Å². The van der Waals surface area contributed by atoms with Gasteiger partial charge in [-0.05, 0) is 89.0 Å². The van der Waals surface area contributed by atoms with Crippen LogP contribution in [0.5, 0.6) is 0 Å². The molecule has 9 aromatic rings. The van der Waals surface area contributed by atoms with E-state index in [2.05, 4.69) is 119 Å². The molecule has 5 aromatic carbocycles. The summed E-state index contributed by atoms with van der Waals surface area (Å²) in [5.74, 6) is 0.885. The Hall–Kier alpha value is -6.00. The van der Waals surface area contributed by atoms with Gasteiger partial charge in [0.25, 0.3) is 0 Å². The van der Waals surface area contributed by atoms with Crippen LogP contribution in [0.1, 0.15) is 0 Å². The molecular formula is C40H25N3O. The number of furan rings is 1. The Balaban J connectivity index is 1.28. The van der Waals surface area contributed by atoms with Crippen molar-refractivity contribution in [2.24, 2.45) is 0 Å². The molecule has 0 amide bonds. The Kier molecular flexibility index (Phi) is 5.47. The van der Waals surface area contributed by atoms with Crippen LogP contribution in [0.3, 0.4) is 0 Å². The molecule has 0 unspecified atom stereocenters. The van der Waals surface area contributed by atoms with E-state index < -0.39 is 0 Å². The van der Waals surface area contributed by atoms with Crippen LogP contribution in [-0.2, 0) is 0 Å². The van der Waals surface area contributed by atoms with Gasteiger partial charge in [0.05, 0.1) is 16.7 Å². The first kappa shape index (κ1) is 24.6. The highest BCUT2D eigenvalue weighted by Gasteiger charge is 2.17. The smallest absolute Gasteiger partial charge is 0.138 e. The monoisotopic (exact) mass is 563 g/mol. The highest BCUT2D eigenvalue weighted by Crippen LogP contribution is 2.38. The second-order valence-electron chi connectivity index (χ2n) is 11.1. The van der Waals surface area contributed by atoms with E-state index in [-0.39, 0.29) is 0 Å². The number of hydrogen-bond donors (Lipinski definition) is 0. The maximum Gasteiger partial charge on any atom is 0.138 e. The molecule has 4 heterocycles. The minimum absolute atomic E-state index is 0.885. The highest BCUT2D eigenvalue weighted by atomic mass is 16.3. The summed E-state index contributed by atoms with van der Waals surface area (Å²) in [6.07, 6.45) is 3.74. The van der Waals surface area contributed by atoms with Crippen LogP contribution in [0.25, 0.3) is 83.1 Å². The average molecular weight is 564 g/mol. The number of fused-ring (bicyclic) bond motifs is 6. The third kappa shape index (κ3) is 3.92. The summed E-state index contributed by atoms with van der Waals surface area (Å²) in [4.78, 5) is 9.50. The zero-order valence-corrected chi connectivity index (χ0v) is 23.7. The molecule has 4 aromatic heterocycles. The van der Waals surface area contributed by atoms with Gasteiger partial charge in [-0.2, -0.15) is 0 Å². The van der Waals surface area contributed by atoms with Gasteiger partial charge in [-0.3, -0.25) is 9.55 Å². The molecule has 0 bridgehead atoms. The van der Waals surface area contributed by atoms with Crippen molar-refractivity contribution in [3.05, 3.63) is 152 Å². The predicted molar refractivity (Wildman–Crippen MR) is 180 cm³/mol. The normalized spacial score (nSPS) is 11.6. The van der Waals surface area contributed by atoms with E-state index in [0.717, 1.165) is 72.1 Å². The lowest BCUT2D eigenvalue weighted by molar-refractivity contribution is 0.669. The summed E-state index contributed by atoms with van der Waals surface area (Å²) < 4.78 is 8.38. The van der Waals surface area contributed by atoms with E-state index in [1.165, 1.54) is 10.9 Å². The fourth-order valence-electron chi connectivity index (χ4n) is 6.40. The van der Waals surface area contributed by atoms with Crippen LogP contribution >= 0.6 is 0 Å². The van der Waals surface area contributed by atoms with Crippen LogP contribution in [0, 0.1) is 0 Å². The van der Waals surface area contributed by atoms with Crippen molar-refractivity contribution < 1.29 is 4.42 Å². The number of hydrogen-bond acceptors (Lipinski definition) is 3. The Labute approximate surface area is 253 Å². The molecule has 44 heavy (non-hydrogen) atoms. The summed E-state index contributed by atoms with van der Waals surface area (Å²) in [6.45, 7) is 0. The van der Waals surface area contributed by atoms with Crippen molar-refractivity contribution in [1.82, 2.24) is 14.5 Å². The molecular weight excluding hydrogens is 538 g/mol. The van der Waals surface area contributed by atoms with Gasteiger partial charge in [-0.1, -0.05) is 72.8 Å². The van der Waals surface area contributed by atoms with Gasteiger partial charge >= 0.3 is 0 Å². The number of aromatic nitrogens is 3. The molecule has 9 rings (SSSR count). The van der Waals surface area contributed by atoms with Crippen LogP contribution in [0.15, 0.2) is 156 Å². The Morgan fingerprint density at radius 2 is 1.07 bits per heavy atom. The van der Waals surface area contributed by atoms with Gasteiger partial charge in [0.1, 0.15) is 17.0 Å². The molecule has 206 valence electrons. The lowest BCUT2D eigenvalue weighted by atomic mass is 10.00. The van der Waals surface area contributed by atoms with Crippen LogP contribution in [0.4, 0.5) is 0 Å². The quantitative estimate of drug-likeness (QED) is 0.214. The highest BCUT2D eigenvalue weighted by molar-refractivity contribution is 6.12. The SMILES string of the molecule is c1ccc(-c2ccnc(-n3c4ccc(-c5ccc6oc7ccccc7c6c5)cc4c4cc(-c5ccccn5)ccc43)c2)cc1. The molecule has 0 spiro atoms. The van der Waals surface area contributed by atoms with Gasteiger partial charge in [0.2, 0.25) is 0 Å². The summed E-state index contributed by atoms with van der Waals surface area (Å²) in [7, 11) is 0. The van der Waals surface area contributed by atoms with E-state index >= 15 is 0 Å². The lowest BCUT2D eigenvalue weighted by Gasteiger charge is -2.10. The maximum atomic E-state index is 6.10. The zero-order valence-electron chi connectivity index (χ0n) is 23.7. The first-order valence-corrected chi connectivity index (χ1v) is 14.7. The van der Waals surface area contributed by atoms with Crippen molar-refractivity contribution in [2.45, 2.75) is 0 Å². The van der Waals surface area contributed by atoms with E-state index in [1.807, 2.05) is 42.7 Å². The van der Waals surface area contributed by atoms with Crippen molar-refractivity contribution in [3.8, 4) is 39.3 Å². The summed E-state index contributed by atoms with van der Waals surface area (Å²) in [5, 5.41) is 4.58. The zero-order chi connectivity index (χ0) is 29.0. The average Bonchev–Trinajstić information content (AvgIpc) is 3.63. The largest absolute Gasteiger partial charge is 0.456 e. The number of benzene rings is 5. The molecule has 0 saturated heterocycles. The van der Waals surface area contributed by atoms with Crippen LogP contribution in [-0.4, -0.2) is 14.5 Å². The Morgan fingerprint density at radius 1 is 0.409 bits per heavy atom. The minimum Gasteiger partial charge on any atom is -0.456 e. The van der Waals surface area contributed by atoms with Crippen LogP contribution in [0.2, 0.25) is 0 Å². The second-order valence-corrected chi connectivity index (χ2v) is 11.1. The number of para-hydroxylation sites is 1. The molecule has 0 N–H and O–H groups in total. The van der Waals surface area contributed by atoms with Crippen molar-refractivity contribution in [1.29, 1.82) is 0 Å². The predicted octanol–water partition coefficient (Wildman–Crippen LogP) is 10.5. The molecule has 0 atom stereocenters. The van der Waals surface area contributed by atoms with E-state index in [1.54, 1.807) is 0 Å². The summed E-state index contributed by atoms with van der Waals surface area (Å²) in [6, 6.07) is 48.8. The molecule has 0 aliphatic rings. The molecule has 0 radical (unpaired) electrons. The van der Waals surface area contributed by atoms with E-state index in [9.17, 15) is 0 Å². The van der Waals surface area contributed by atoms with Crippen LogP contribution < -0.4 is 0 Å². The van der Waals surface area contributed by atoms with Crippen molar-refractivity contribution >= 4 is 43.7 Å². The molecule has 0 aliphatic carbocycles. The lowest BCUT2D eigenvalue weighted by Crippen LogP contribution is -1.97. The first-order valence-electron chi connectivity index (χ1n) is 14.7. The van der Waals surface area contributed by atoms with Gasteiger partial charge < -0.3 is 4.42 Å². The van der Waals surface area contributed by atoms with Gasteiger partial charge in [-0.25, -0.2) is 4.98 Å². The Morgan fingerprint density at radius 3 is 1.89 bits per heavy atom. The summed E-state index contributed by atoms with van der Waals surface area (Å²) in [5.41, 5.74) is 10.7. The third-order valence-corrected chi connectivity index (χ3v) is 8.52. The first-order chi connectivity index (χ1) is 21.8. The molecule has 4 nitrogen and oxygen atoms in total. The Bertz CT molecular complexity index is 2490. The molecule has 0 fully saturated rings. The standard InChI is InChI=1S/C40H25N3O/c1-2-8-26(9-3-1)29-19-21-42-40(25-29)43-36-16-13-27(28-15-18-39-34(23-28)31-10-4-5-12-38(31)44-39)22-32(36)33-24-30(14-17-37(33)43)35-11-6-7-20-41-35/h1-25H. The number of pyridine rings is 2. The van der Waals surface area contributed by atoms with Gasteiger partial charge in [-0.15, -0.1) is 0 Å². The second kappa shape index (κ2) is 9.79. The minimum atomic E-state index is 0.885. The molecule has 0 aliphatic heterocycles. The molecule has 0 saturated carbocycles. The van der Waals surface area contributed by atoms with Gasteiger partial charge in [0.15, 0.2) is 0 Å². The van der Waals surface area contributed by atoms with Crippen molar-refractivity contribution in [3.63, 3.8) is 0 Å². The number of nitrogens with zero attached hydrogens (tertiary/aromatic N) is 3. The third-order valence-electron chi connectivity index (χ3n) is 8.52. The summed E-state index contributed by atoms with van der Waals surface area (Å²) >= 11 is 0. The van der Waals surface area contributed by atoms with Gasteiger partial charge in [0, 0.05) is 39.5 Å².